The maximum atomic E-state index is 13.2. The summed E-state index contributed by atoms with van der Waals surface area (Å²) in [4.78, 5) is 51.0. The predicted molar refractivity (Wildman–Crippen MR) is 179 cm³/mol. The highest BCUT2D eigenvalue weighted by Gasteiger charge is 2.46. The molecule has 5 N–H and O–H groups in total. The molecular weight excluding hydrogens is 628 g/mol. The average Bonchev–Trinajstić information content (AvgIpc) is 3.35. The van der Waals surface area contributed by atoms with Crippen molar-refractivity contribution in [1.82, 2.24) is 25.7 Å². The number of imide groups is 2. The predicted octanol–water partition coefficient (Wildman–Crippen LogP) is 3.40. The lowest BCUT2D eigenvalue weighted by atomic mass is 10.0. The van der Waals surface area contributed by atoms with Gasteiger partial charge in [-0.15, -0.1) is 10.2 Å². The number of aromatic hydroxyl groups is 1. The van der Waals surface area contributed by atoms with E-state index in [1.54, 1.807) is 48.5 Å². The molecule has 1 saturated heterocycles. The molecule has 49 heavy (non-hydrogen) atoms. The molecule has 13 heteroatoms. The molecule has 1 fully saturated rings. The van der Waals surface area contributed by atoms with Crippen molar-refractivity contribution in [1.29, 1.82) is 0 Å². The Morgan fingerprint density at radius 3 is 2.41 bits per heavy atom. The first-order valence-electron chi connectivity index (χ1n) is 16.1. The second-order valence-corrected chi connectivity index (χ2v) is 11.8. The first-order valence-corrected chi connectivity index (χ1v) is 16.1. The van der Waals surface area contributed by atoms with E-state index >= 15 is 0 Å². The molecule has 252 valence electrons. The molecule has 6 rings (SSSR count). The minimum absolute atomic E-state index is 0.0646. The number of para-hydroxylation sites is 1. The topological polar surface area (TPSA) is 186 Å². The van der Waals surface area contributed by atoms with Crippen LogP contribution in [0.5, 0.6) is 17.2 Å². The third-order valence-electron chi connectivity index (χ3n) is 8.40. The van der Waals surface area contributed by atoms with Crippen LogP contribution in [0, 0.1) is 0 Å². The molecule has 3 aromatic carbocycles. The van der Waals surface area contributed by atoms with Gasteiger partial charge in [0.05, 0.1) is 24.3 Å². The lowest BCUT2D eigenvalue weighted by Gasteiger charge is -2.27. The highest BCUT2D eigenvalue weighted by molar-refractivity contribution is 6.24. The van der Waals surface area contributed by atoms with Crippen LogP contribution in [-0.4, -0.2) is 69.6 Å². The first kappa shape index (κ1) is 33.1. The normalized spacial score (nSPS) is 15.7. The number of hydrogen-bond acceptors (Lipinski definition) is 11. The van der Waals surface area contributed by atoms with Gasteiger partial charge in [0.2, 0.25) is 11.8 Å². The van der Waals surface area contributed by atoms with Crippen LogP contribution in [0.3, 0.4) is 0 Å². The van der Waals surface area contributed by atoms with Gasteiger partial charge in [-0.25, -0.2) is 0 Å². The fourth-order valence-electron chi connectivity index (χ4n) is 5.80. The van der Waals surface area contributed by atoms with Gasteiger partial charge in [0.1, 0.15) is 23.2 Å². The number of phenolic OH excluding ortho intramolecular Hbond substituents is 1. The van der Waals surface area contributed by atoms with Gasteiger partial charge < -0.3 is 25.6 Å². The summed E-state index contributed by atoms with van der Waals surface area (Å²) in [6, 6.07) is 20.6. The van der Waals surface area contributed by atoms with Crippen LogP contribution in [-0.2, 0) is 22.6 Å². The van der Waals surface area contributed by atoms with E-state index in [9.17, 15) is 24.3 Å². The number of hydrogen-bond donors (Lipinski definition) is 4. The largest absolute Gasteiger partial charge is 0.507 e. The summed E-state index contributed by atoms with van der Waals surface area (Å²) in [6.45, 7) is 2.21. The summed E-state index contributed by atoms with van der Waals surface area (Å²) in [7, 11) is 0. The number of aromatic nitrogens is 2. The van der Waals surface area contributed by atoms with E-state index in [0.717, 1.165) is 35.4 Å². The number of amides is 4. The highest BCUT2D eigenvalue weighted by atomic mass is 16.5. The van der Waals surface area contributed by atoms with Gasteiger partial charge in [0, 0.05) is 31.0 Å². The summed E-state index contributed by atoms with van der Waals surface area (Å²) in [5, 5.41) is 23.8. The van der Waals surface area contributed by atoms with Crippen molar-refractivity contribution in [2.24, 2.45) is 0 Å². The molecule has 13 nitrogen and oxygen atoms in total. The maximum Gasteiger partial charge on any atom is 0.266 e. The fraction of sp³-hybridized carbons (Fsp3) is 0.278. The Morgan fingerprint density at radius 2 is 1.61 bits per heavy atom. The van der Waals surface area contributed by atoms with Crippen molar-refractivity contribution in [3.05, 3.63) is 95.1 Å². The molecule has 1 atom stereocenters. The van der Waals surface area contributed by atoms with Crippen molar-refractivity contribution < 1.29 is 33.8 Å². The number of benzene rings is 3. The second-order valence-electron chi connectivity index (χ2n) is 11.8. The zero-order valence-electron chi connectivity index (χ0n) is 26.7. The third-order valence-corrected chi connectivity index (χ3v) is 8.40. The van der Waals surface area contributed by atoms with Crippen molar-refractivity contribution in [2.45, 2.75) is 44.7 Å². The Morgan fingerprint density at radius 1 is 0.857 bits per heavy atom. The Kier molecular flexibility index (Phi) is 10.1. The molecule has 0 bridgehead atoms. The minimum atomic E-state index is -1.02. The number of phenols is 1. The summed E-state index contributed by atoms with van der Waals surface area (Å²) < 4.78 is 11.8. The van der Waals surface area contributed by atoms with Crippen molar-refractivity contribution >= 4 is 29.4 Å². The van der Waals surface area contributed by atoms with Gasteiger partial charge in [-0.3, -0.25) is 29.4 Å². The molecule has 0 spiro atoms. The SMILES string of the molecule is Nc1nnc(-c2ccccc2O)cc1OCCc1ccc(CNCCCCOc2cccc3c2C(=O)N(C2CCC(=O)NC2=O)C3=O)cc1. The Balaban J connectivity index is 0.904. The Hall–Kier alpha value is -5.82. The molecule has 0 aliphatic carbocycles. The van der Waals surface area contributed by atoms with E-state index in [1.807, 2.05) is 0 Å². The number of ether oxygens (including phenoxy) is 2. The lowest BCUT2D eigenvalue weighted by molar-refractivity contribution is -0.136. The number of piperidine rings is 1. The number of nitrogen functional groups attached to an aromatic ring is 1. The van der Waals surface area contributed by atoms with Crippen LogP contribution < -0.4 is 25.8 Å². The molecule has 4 amide bonds. The molecule has 0 saturated carbocycles. The number of unbranched alkanes of at least 4 members (excludes halogenated alkanes) is 1. The molecule has 3 heterocycles. The number of carbonyl (C=O) groups is 4. The van der Waals surface area contributed by atoms with E-state index in [-0.39, 0.29) is 35.5 Å². The van der Waals surface area contributed by atoms with Crippen molar-refractivity contribution in [2.75, 3.05) is 25.5 Å². The molecule has 2 aliphatic rings. The number of rotatable bonds is 14. The fourth-order valence-corrected chi connectivity index (χ4v) is 5.80. The maximum absolute atomic E-state index is 13.2. The van der Waals surface area contributed by atoms with E-state index in [0.29, 0.717) is 48.9 Å². The Bertz CT molecular complexity index is 1880. The van der Waals surface area contributed by atoms with Crippen LogP contribution in [0.25, 0.3) is 11.3 Å². The number of nitrogens with two attached hydrogens (primary N) is 1. The number of fused-ring (bicyclic) bond motifs is 1. The number of nitrogens with zero attached hydrogens (tertiary/aromatic N) is 3. The zero-order valence-corrected chi connectivity index (χ0v) is 26.7. The number of carbonyl (C=O) groups excluding carboxylic acids is 4. The standard InChI is InChI=1S/C36H36N6O7/c37-33-30(20-26(40-41-33)24-6-1-2-8-28(24)43)49-19-16-22-10-12-23(13-11-22)21-38-17-3-4-18-48-29-9-5-7-25-32(29)36(47)42(35(25)46)27-14-15-31(44)39-34(27)45/h1-2,5-13,20,27,38,43H,3-4,14-19,21H2,(H2,37,41)(H,39,44,45). The highest BCUT2D eigenvalue weighted by Crippen LogP contribution is 2.34. The van der Waals surface area contributed by atoms with Gasteiger partial charge in [0.25, 0.3) is 11.8 Å². The van der Waals surface area contributed by atoms with Gasteiger partial charge >= 0.3 is 0 Å². The van der Waals surface area contributed by atoms with Gasteiger partial charge in [-0.05, 0) is 61.2 Å². The monoisotopic (exact) mass is 664 g/mol. The molecule has 2 aliphatic heterocycles. The van der Waals surface area contributed by atoms with E-state index in [1.165, 1.54) is 0 Å². The van der Waals surface area contributed by atoms with E-state index in [4.69, 9.17) is 15.2 Å². The first-order chi connectivity index (χ1) is 23.8. The van der Waals surface area contributed by atoms with E-state index in [2.05, 4.69) is 45.1 Å². The van der Waals surface area contributed by atoms with Crippen LogP contribution in [0.4, 0.5) is 5.82 Å². The molecule has 1 unspecified atom stereocenters. The number of anilines is 1. The summed E-state index contributed by atoms with van der Waals surface area (Å²) in [6.07, 6.45) is 2.39. The Labute approximate surface area is 282 Å². The lowest BCUT2D eigenvalue weighted by Crippen LogP contribution is -2.54. The zero-order chi connectivity index (χ0) is 34.3. The van der Waals surface area contributed by atoms with Gasteiger partial charge in [-0.1, -0.05) is 42.5 Å². The molecule has 1 aromatic heterocycles. The quantitative estimate of drug-likeness (QED) is 0.114. The molecule has 4 aromatic rings. The summed E-state index contributed by atoms with van der Waals surface area (Å²) in [5.41, 5.74) is 9.58. The van der Waals surface area contributed by atoms with Crippen LogP contribution >= 0.6 is 0 Å². The van der Waals surface area contributed by atoms with Gasteiger partial charge in [-0.2, -0.15) is 0 Å². The number of nitrogens with one attached hydrogen (secondary N) is 2. The van der Waals surface area contributed by atoms with Gasteiger partial charge in [0.15, 0.2) is 11.6 Å². The van der Waals surface area contributed by atoms with Crippen LogP contribution in [0.1, 0.15) is 57.5 Å². The average molecular weight is 665 g/mol. The van der Waals surface area contributed by atoms with Crippen molar-refractivity contribution in [3.8, 4) is 28.5 Å². The van der Waals surface area contributed by atoms with Crippen LogP contribution in [0.2, 0.25) is 0 Å². The summed E-state index contributed by atoms with van der Waals surface area (Å²) >= 11 is 0. The molecule has 0 radical (unpaired) electrons. The third kappa shape index (κ3) is 7.52. The van der Waals surface area contributed by atoms with Crippen LogP contribution in [0.15, 0.2) is 72.8 Å². The molecular formula is C36H36N6O7. The smallest absolute Gasteiger partial charge is 0.266 e. The van der Waals surface area contributed by atoms with E-state index < -0.39 is 29.7 Å². The second kappa shape index (κ2) is 14.9. The summed E-state index contributed by atoms with van der Waals surface area (Å²) in [5.74, 6) is -1.20. The van der Waals surface area contributed by atoms with Crippen molar-refractivity contribution in [3.63, 3.8) is 0 Å². The minimum Gasteiger partial charge on any atom is -0.507 e.